The molecule has 5 heteroatoms. The zero-order chi connectivity index (χ0) is 16.4. The van der Waals surface area contributed by atoms with Crippen molar-refractivity contribution < 1.29 is 4.74 Å². The molecule has 0 aliphatic carbocycles. The number of aliphatic imine (C=N–C) groups is 1. The van der Waals surface area contributed by atoms with E-state index in [0.29, 0.717) is 12.0 Å². The molecule has 1 heterocycles. The molecule has 1 fully saturated rings. The second-order valence-corrected chi connectivity index (χ2v) is 7.09. The average molecular weight is 431 g/mol. The summed E-state index contributed by atoms with van der Waals surface area (Å²) < 4.78 is 5.62. The van der Waals surface area contributed by atoms with Gasteiger partial charge in [0.15, 0.2) is 5.96 Å². The highest BCUT2D eigenvalue weighted by atomic mass is 127. The predicted octanol–water partition coefficient (Wildman–Crippen LogP) is 3.69. The number of methoxy groups -OCH3 is 1. The summed E-state index contributed by atoms with van der Waals surface area (Å²) in [7, 11) is 3.59. The lowest BCUT2D eigenvalue weighted by molar-refractivity contribution is -0.0671. The van der Waals surface area contributed by atoms with E-state index in [2.05, 4.69) is 55.0 Å². The molecule has 1 aliphatic rings. The van der Waals surface area contributed by atoms with Crippen LogP contribution >= 0.6 is 24.0 Å². The Morgan fingerprint density at radius 1 is 1.26 bits per heavy atom. The molecule has 0 spiro atoms. The number of guanidine groups is 1. The van der Waals surface area contributed by atoms with Gasteiger partial charge in [-0.05, 0) is 19.4 Å². The molecule has 1 atom stereocenters. The Morgan fingerprint density at radius 3 is 2.30 bits per heavy atom. The van der Waals surface area contributed by atoms with Gasteiger partial charge < -0.3 is 15.0 Å². The number of hydrogen-bond acceptors (Lipinski definition) is 2. The first-order valence-corrected chi connectivity index (χ1v) is 7.89. The van der Waals surface area contributed by atoms with Crippen molar-refractivity contribution in [1.82, 2.24) is 10.2 Å². The third-order valence-electron chi connectivity index (χ3n) is 5.25. The molecule has 4 nitrogen and oxygen atoms in total. The van der Waals surface area contributed by atoms with Gasteiger partial charge in [-0.3, -0.25) is 4.99 Å². The summed E-state index contributed by atoms with van der Waals surface area (Å²) in [6, 6.07) is 10.3. The van der Waals surface area contributed by atoms with Gasteiger partial charge in [0.1, 0.15) is 0 Å². The van der Waals surface area contributed by atoms with E-state index in [9.17, 15) is 0 Å². The Morgan fingerprint density at radius 2 is 1.87 bits per heavy atom. The molecule has 0 radical (unpaired) electrons. The van der Waals surface area contributed by atoms with E-state index in [4.69, 9.17) is 4.74 Å². The number of nitrogens with one attached hydrogen (secondary N) is 1. The van der Waals surface area contributed by atoms with Crippen LogP contribution in [0.5, 0.6) is 0 Å². The van der Waals surface area contributed by atoms with Crippen LogP contribution in [-0.4, -0.2) is 43.6 Å². The van der Waals surface area contributed by atoms with E-state index in [-0.39, 0.29) is 35.6 Å². The fourth-order valence-corrected chi connectivity index (χ4v) is 2.88. The maximum absolute atomic E-state index is 5.62. The zero-order valence-electron chi connectivity index (χ0n) is 15.1. The second kappa shape index (κ2) is 7.83. The van der Waals surface area contributed by atoms with Crippen molar-refractivity contribution in [3.63, 3.8) is 0 Å². The molecule has 0 amide bonds. The van der Waals surface area contributed by atoms with Gasteiger partial charge in [0.25, 0.3) is 0 Å². The fourth-order valence-electron chi connectivity index (χ4n) is 2.88. The third-order valence-corrected chi connectivity index (χ3v) is 5.25. The lowest BCUT2D eigenvalue weighted by atomic mass is 9.65. The minimum absolute atomic E-state index is 0. The number of nitrogens with zero attached hydrogens (tertiary/aromatic N) is 2. The summed E-state index contributed by atoms with van der Waals surface area (Å²) in [6.45, 7) is 10.9. The van der Waals surface area contributed by atoms with Crippen LogP contribution in [0.1, 0.15) is 39.4 Å². The molecule has 1 aromatic rings. The molecular weight excluding hydrogens is 401 g/mol. The standard InChI is InChI=1S/C18H29N3O.HI/c1-17(2)13-21(18(17,3)4)16(19-5)20-12-15(22-6)14-10-8-7-9-11-14;/h7-11,15H,12-13H2,1-6H3,(H,19,20);1H. The molecular formula is C18H30IN3O. The highest BCUT2D eigenvalue weighted by molar-refractivity contribution is 14.0. The Labute approximate surface area is 157 Å². The minimum atomic E-state index is 0. The summed E-state index contributed by atoms with van der Waals surface area (Å²) in [4.78, 5) is 6.79. The summed E-state index contributed by atoms with van der Waals surface area (Å²) in [5.41, 5.74) is 1.57. The quantitative estimate of drug-likeness (QED) is 0.449. The van der Waals surface area contributed by atoms with Gasteiger partial charge in [-0.15, -0.1) is 24.0 Å². The van der Waals surface area contributed by atoms with Crippen LogP contribution in [0.4, 0.5) is 0 Å². The molecule has 0 aromatic heterocycles. The van der Waals surface area contributed by atoms with E-state index in [1.165, 1.54) is 5.56 Å². The van der Waals surface area contributed by atoms with Crippen LogP contribution in [0.3, 0.4) is 0 Å². The first-order valence-electron chi connectivity index (χ1n) is 7.89. The summed E-state index contributed by atoms with van der Waals surface area (Å²) in [5, 5.41) is 3.47. The van der Waals surface area contributed by atoms with Gasteiger partial charge in [0, 0.05) is 38.2 Å². The van der Waals surface area contributed by atoms with Crippen molar-refractivity contribution in [2.75, 3.05) is 27.2 Å². The molecule has 130 valence electrons. The van der Waals surface area contributed by atoms with Crippen molar-refractivity contribution >= 4 is 29.9 Å². The lowest BCUT2D eigenvalue weighted by Gasteiger charge is -2.62. The van der Waals surface area contributed by atoms with E-state index < -0.39 is 0 Å². The molecule has 1 saturated heterocycles. The van der Waals surface area contributed by atoms with Crippen LogP contribution in [0.25, 0.3) is 0 Å². The normalized spacial score (nSPS) is 20.3. The lowest BCUT2D eigenvalue weighted by Crippen LogP contribution is -2.72. The maximum Gasteiger partial charge on any atom is 0.194 e. The maximum atomic E-state index is 5.62. The summed E-state index contributed by atoms with van der Waals surface area (Å²) in [5.74, 6) is 0.947. The summed E-state index contributed by atoms with van der Waals surface area (Å²) >= 11 is 0. The monoisotopic (exact) mass is 431 g/mol. The number of benzene rings is 1. The van der Waals surface area contributed by atoms with Gasteiger partial charge in [-0.1, -0.05) is 44.2 Å². The van der Waals surface area contributed by atoms with Crippen molar-refractivity contribution in [3.05, 3.63) is 35.9 Å². The van der Waals surface area contributed by atoms with Gasteiger partial charge in [0.05, 0.1) is 6.10 Å². The topological polar surface area (TPSA) is 36.9 Å². The first-order chi connectivity index (χ1) is 10.3. The SMILES string of the molecule is CN=C(NCC(OC)c1ccccc1)N1CC(C)(C)C1(C)C.I. The zero-order valence-corrected chi connectivity index (χ0v) is 17.4. The summed E-state index contributed by atoms with van der Waals surface area (Å²) in [6.07, 6.45) is 0.0235. The number of likely N-dealkylation sites (tertiary alicyclic amines) is 1. The first kappa shape index (κ1) is 20.2. The number of hydrogen-bond donors (Lipinski definition) is 1. The van der Waals surface area contributed by atoms with Gasteiger partial charge in [0.2, 0.25) is 0 Å². The van der Waals surface area contributed by atoms with Crippen molar-refractivity contribution in [2.24, 2.45) is 10.4 Å². The minimum Gasteiger partial charge on any atom is -0.375 e. The van der Waals surface area contributed by atoms with Crippen molar-refractivity contribution in [2.45, 2.75) is 39.3 Å². The third kappa shape index (κ3) is 3.99. The molecule has 1 unspecified atom stereocenters. The van der Waals surface area contributed by atoms with Gasteiger partial charge >= 0.3 is 0 Å². The van der Waals surface area contributed by atoms with E-state index in [1.54, 1.807) is 7.11 Å². The van der Waals surface area contributed by atoms with Crippen molar-refractivity contribution in [1.29, 1.82) is 0 Å². The van der Waals surface area contributed by atoms with Crippen LogP contribution in [-0.2, 0) is 4.74 Å². The van der Waals surface area contributed by atoms with Crippen LogP contribution in [0.2, 0.25) is 0 Å². The highest BCUT2D eigenvalue weighted by Crippen LogP contribution is 2.46. The van der Waals surface area contributed by atoms with Crippen LogP contribution in [0.15, 0.2) is 35.3 Å². The molecule has 1 N–H and O–H groups in total. The Balaban J connectivity index is 0.00000264. The van der Waals surface area contributed by atoms with Gasteiger partial charge in [-0.2, -0.15) is 0 Å². The second-order valence-electron chi connectivity index (χ2n) is 7.09. The number of halogens is 1. The smallest absolute Gasteiger partial charge is 0.194 e. The molecule has 0 saturated carbocycles. The highest BCUT2D eigenvalue weighted by Gasteiger charge is 2.53. The number of ether oxygens (including phenoxy) is 1. The largest absolute Gasteiger partial charge is 0.375 e. The van der Waals surface area contributed by atoms with Crippen LogP contribution < -0.4 is 5.32 Å². The Hall–Kier alpha value is -0.820. The van der Waals surface area contributed by atoms with Crippen molar-refractivity contribution in [3.8, 4) is 0 Å². The van der Waals surface area contributed by atoms with Gasteiger partial charge in [-0.25, -0.2) is 0 Å². The molecule has 23 heavy (non-hydrogen) atoms. The van der Waals surface area contributed by atoms with Crippen LogP contribution in [0, 0.1) is 5.41 Å². The van der Waals surface area contributed by atoms with E-state index in [1.807, 2.05) is 25.2 Å². The molecule has 1 aliphatic heterocycles. The molecule has 0 bridgehead atoms. The molecule has 2 rings (SSSR count). The fraction of sp³-hybridized carbons (Fsp3) is 0.611. The van der Waals surface area contributed by atoms with E-state index in [0.717, 1.165) is 12.5 Å². The average Bonchev–Trinajstić information content (AvgIpc) is 2.51. The Kier molecular flexibility index (Phi) is 6.89. The Bertz CT molecular complexity index is 528. The van der Waals surface area contributed by atoms with E-state index >= 15 is 0 Å². The molecule has 1 aromatic carbocycles. The predicted molar refractivity (Wildman–Crippen MR) is 108 cm³/mol. The number of rotatable bonds is 4.